The molecule has 3 aromatic carbocycles. The van der Waals surface area contributed by atoms with E-state index in [4.69, 9.17) is 27.9 Å². The minimum atomic E-state index is -0.414. The Morgan fingerprint density at radius 3 is 2.69 bits per heavy atom. The van der Waals surface area contributed by atoms with Crippen molar-refractivity contribution in [1.29, 1.82) is 0 Å². The van der Waals surface area contributed by atoms with Crippen molar-refractivity contribution in [3.8, 4) is 17.1 Å². The van der Waals surface area contributed by atoms with Gasteiger partial charge >= 0.3 is 0 Å². The first-order valence-corrected chi connectivity index (χ1v) is 12.4. The molecule has 12 heteroatoms. The lowest BCUT2D eigenvalue weighted by Crippen LogP contribution is -2.24. The molecule has 0 atom stereocenters. The SMILES string of the molecule is O=C(Cn1nnc(-c2ccccc2)n1)NN=Cc1cc(Br)cc(Br)c1OCc1ccc(Cl)cc1Cl. The van der Waals surface area contributed by atoms with E-state index in [1.165, 1.54) is 11.0 Å². The Bertz CT molecular complexity index is 1380. The van der Waals surface area contributed by atoms with Crippen LogP contribution in [-0.4, -0.2) is 32.3 Å². The van der Waals surface area contributed by atoms with Gasteiger partial charge in [-0.2, -0.15) is 9.90 Å². The molecule has 1 heterocycles. The highest BCUT2D eigenvalue weighted by molar-refractivity contribution is 9.11. The highest BCUT2D eigenvalue weighted by Crippen LogP contribution is 2.33. The number of nitrogens with zero attached hydrogens (tertiary/aromatic N) is 5. The molecule has 0 unspecified atom stereocenters. The molecule has 0 spiro atoms. The van der Waals surface area contributed by atoms with E-state index >= 15 is 0 Å². The maximum atomic E-state index is 12.3. The van der Waals surface area contributed by atoms with Crippen LogP contribution in [0, 0.1) is 0 Å². The number of amides is 1. The summed E-state index contributed by atoms with van der Waals surface area (Å²) in [6, 6.07) is 18.2. The number of hydrazone groups is 1. The zero-order valence-electron chi connectivity index (χ0n) is 17.8. The van der Waals surface area contributed by atoms with Gasteiger partial charge in [0.25, 0.3) is 5.91 Å². The normalized spacial score (nSPS) is 11.1. The summed E-state index contributed by atoms with van der Waals surface area (Å²) in [6.45, 7) is 0.0723. The fourth-order valence-electron chi connectivity index (χ4n) is 2.97. The number of benzene rings is 3. The van der Waals surface area contributed by atoms with E-state index < -0.39 is 5.91 Å². The Hall–Kier alpha value is -2.79. The quantitative estimate of drug-likeness (QED) is 0.192. The average molecular weight is 639 g/mol. The van der Waals surface area contributed by atoms with Gasteiger partial charge in [-0.15, -0.1) is 10.2 Å². The first-order valence-electron chi connectivity index (χ1n) is 10.1. The molecule has 4 aromatic rings. The summed E-state index contributed by atoms with van der Waals surface area (Å²) in [5.74, 6) is 0.550. The second-order valence-electron chi connectivity index (χ2n) is 7.13. The van der Waals surface area contributed by atoms with Gasteiger partial charge in [0.1, 0.15) is 18.9 Å². The molecule has 0 aliphatic heterocycles. The van der Waals surface area contributed by atoms with Crippen molar-refractivity contribution in [2.24, 2.45) is 5.10 Å². The number of ether oxygens (including phenoxy) is 1. The molecule has 8 nitrogen and oxygen atoms in total. The van der Waals surface area contributed by atoms with Crippen molar-refractivity contribution in [3.05, 3.63) is 90.8 Å². The van der Waals surface area contributed by atoms with Crippen LogP contribution in [-0.2, 0) is 17.9 Å². The fraction of sp³-hybridized carbons (Fsp3) is 0.0870. The summed E-state index contributed by atoms with van der Waals surface area (Å²) >= 11 is 19.2. The molecule has 1 aromatic heterocycles. The van der Waals surface area contributed by atoms with E-state index in [2.05, 4.69) is 57.8 Å². The zero-order chi connectivity index (χ0) is 24.8. The second kappa shape index (κ2) is 11.8. The molecular weight excluding hydrogens is 623 g/mol. The summed E-state index contributed by atoms with van der Waals surface area (Å²) in [7, 11) is 0. The van der Waals surface area contributed by atoms with E-state index in [0.29, 0.717) is 31.7 Å². The van der Waals surface area contributed by atoms with Gasteiger partial charge in [-0.3, -0.25) is 4.79 Å². The molecule has 0 radical (unpaired) electrons. The average Bonchev–Trinajstić information content (AvgIpc) is 3.28. The summed E-state index contributed by atoms with van der Waals surface area (Å²) in [4.78, 5) is 13.5. The summed E-state index contributed by atoms with van der Waals surface area (Å²) < 4.78 is 7.50. The van der Waals surface area contributed by atoms with Crippen LogP contribution in [0.4, 0.5) is 0 Å². The van der Waals surface area contributed by atoms with Crippen molar-refractivity contribution in [1.82, 2.24) is 25.6 Å². The molecule has 0 aliphatic carbocycles. The Kier molecular flexibility index (Phi) is 8.50. The van der Waals surface area contributed by atoms with Crippen LogP contribution in [0.2, 0.25) is 10.0 Å². The first kappa shape index (κ1) is 25.3. The summed E-state index contributed by atoms with van der Waals surface area (Å²) in [5.41, 5.74) is 4.68. The number of nitrogens with one attached hydrogen (secondary N) is 1. The lowest BCUT2D eigenvalue weighted by Gasteiger charge is -2.13. The number of aromatic nitrogens is 4. The van der Waals surface area contributed by atoms with Crippen LogP contribution in [0.25, 0.3) is 11.4 Å². The van der Waals surface area contributed by atoms with Gasteiger partial charge in [0, 0.05) is 31.2 Å². The maximum absolute atomic E-state index is 12.3. The third-order valence-electron chi connectivity index (χ3n) is 4.59. The van der Waals surface area contributed by atoms with Gasteiger partial charge in [-0.25, -0.2) is 5.43 Å². The number of rotatable bonds is 8. The predicted octanol–water partition coefficient (Wildman–Crippen LogP) is 5.90. The number of carbonyl (C=O) groups excluding carboxylic acids is 1. The van der Waals surface area contributed by atoms with Gasteiger partial charge < -0.3 is 4.74 Å². The Morgan fingerprint density at radius 2 is 1.91 bits per heavy atom. The number of hydrogen-bond acceptors (Lipinski definition) is 6. The smallest absolute Gasteiger partial charge is 0.263 e. The Balaban J connectivity index is 1.41. The van der Waals surface area contributed by atoms with Crippen molar-refractivity contribution in [2.45, 2.75) is 13.2 Å². The molecule has 0 saturated carbocycles. The summed E-state index contributed by atoms with van der Waals surface area (Å²) in [6.07, 6.45) is 1.48. The van der Waals surface area contributed by atoms with Crippen molar-refractivity contribution in [3.63, 3.8) is 0 Å². The van der Waals surface area contributed by atoms with E-state index in [1.807, 2.05) is 42.5 Å². The van der Waals surface area contributed by atoms with Crippen LogP contribution in [0.1, 0.15) is 11.1 Å². The minimum absolute atomic E-state index is 0.141. The standard InChI is InChI=1S/C23H16Br2Cl2N6O2/c24-17-8-16(22(19(25)9-17)35-13-15-6-7-18(26)10-20(15)27)11-28-29-21(34)12-33-31-23(30-32-33)14-4-2-1-3-5-14/h1-11H,12-13H2,(H,29,34). The fourth-order valence-corrected chi connectivity index (χ4v) is 4.80. The monoisotopic (exact) mass is 636 g/mol. The molecule has 0 bridgehead atoms. The molecule has 178 valence electrons. The van der Waals surface area contributed by atoms with Gasteiger partial charge in [-0.05, 0) is 45.4 Å². The third-order valence-corrected chi connectivity index (χ3v) is 6.22. The second-order valence-corrected chi connectivity index (χ2v) is 9.75. The van der Waals surface area contributed by atoms with Gasteiger partial charge in [0.2, 0.25) is 5.82 Å². The largest absolute Gasteiger partial charge is 0.487 e. The van der Waals surface area contributed by atoms with E-state index in [9.17, 15) is 4.79 Å². The maximum Gasteiger partial charge on any atom is 0.263 e. The Morgan fingerprint density at radius 1 is 1.11 bits per heavy atom. The number of hydrogen-bond donors (Lipinski definition) is 1. The number of tetrazole rings is 1. The van der Waals surface area contributed by atoms with Crippen LogP contribution in [0.5, 0.6) is 5.75 Å². The van der Waals surface area contributed by atoms with Crippen LogP contribution in [0.3, 0.4) is 0 Å². The highest BCUT2D eigenvalue weighted by atomic mass is 79.9. The molecule has 0 saturated heterocycles. The lowest BCUT2D eigenvalue weighted by atomic mass is 10.2. The molecule has 0 aliphatic rings. The number of halogens is 4. The molecular formula is C23H16Br2Cl2N6O2. The molecule has 1 N–H and O–H groups in total. The number of carbonyl (C=O) groups is 1. The topological polar surface area (TPSA) is 94.3 Å². The van der Waals surface area contributed by atoms with Crippen molar-refractivity contribution >= 4 is 67.2 Å². The molecule has 35 heavy (non-hydrogen) atoms. The van der Waals surface area contributed by atoms with Crippen LogP contribution < -0.4 is 10.2 Å². The van der Waals surface area contributed by atoms with Crippen LogP contribution >= 0.6 is 55.1 Å². The summed E-state index contributed by atoms with van der Waals surface area (Å²) in [5, 5.41) is 17.2. The molecule has 4 rings (SSSR count). The van der Waals surface area contributed by atoms with Crippen molar-refractivity contribution in [2.75, 3.05) is 0 Å². The van der Waals surface area contributed by atoms with E-state index in [-0.39, 0.29) is 13.2 Å². The van der Waals surface area contributed by atoms with Gasteiger partial charge in [0.05, 0.1) is 10.7 Å². The van der Waals surface area contributed by atoms with E-state index in [1.54, 1.807) is 18.2 Å². The van der Waals surface area contributed by atoms with Crippen molar-refractivity contribution < 1.29 is 9.53 Å². The van der Waals surface area contributed by atoms with Crippen LogP contribution in [0.15, 0.2) is 74.7 Å². The zero-order valence-corrected chi connectivity index (χ0v) is 22.5. The lowest BCUT2D eigenvalue weighted by molar-refractivity contribution is -0.122. The first-order chi connectivity index (χ1) is 16.9. The molecule has 0 fully saturated rings. The Labute approximate surface area is 227 Å². The van der Waals surface area contributed by atoms with E-state index in [0.717, 1.165) is 15.6 Å². The third kappa shape index (κ3) is 6.88. The predicted molar refractivity (Wildman–Crippen MR) is 142 cm³/mol. The molecule has 1 amide bonds. The van der Waals surface area contributed by atoms with Gasteiger partial charge in [-0.1, -0.05) is 75.5 Å². The van der Waals surface area contributed by atoms with Gasteiger partial charge in [0.15, 0.2) is 0 Å². The highest BCUT2D eigenvalue weighted by Gasteiger charge is 2.12. The minimum Gasteiger partial charge on any atom is -0.487 e.